The second-order valence-electron chi connectivity index (χ2n) is 7.98. The monoisotopic (exact) mass is 500 g/mol. The molecule has 0 saturated carbocycles. The van der Waals surface area contributed by atoms with Crippen molar-refractivity contribution in [3.05, 3.63) is 41.6 Å². The minimum atomic E-state index is -4.92. The third kappa shape index (κ3) is 5.54. The first-order valence-electron chi connectivity index (χ1n) is 9.47. The van der Waals surface area contributed by atoms with E-state index >= 15 is 0 Å². The number of sulfone groups is 1. The van der Waals surface area contributed by atoms with Crippen LogP contribution < -0.4 is 0 Å². The van der Waals surface area contributed by atoms with Crippen molar-refractivity contribution in [1.29, 1.82) is 0 Å². The summed E-state index contributed by atoms with van der Waals surface area (Å²) in [5.41, 5.74) is -0.147. The van der Waals surface area contributed by atoms with Gasteiger partial charge >= 0.3 is 6.18 Å². The highest BCUT2D eigenvalue weighted by Gasteiger charge is 2.42. The Bertz CT molecular complexity index is 1110. The first kappa shape index (κ1) is 24.8. The molecule has 3 unspecified atom stereocenters. The Kier molecular flexibility index (Phi) is 6.57. The lowest BCUT2D eigenvalue weighted by atomic mass is 9.95. The van der Waals surface area contributed by atoms with Crippen molar-refractivity contribution in [3.63, 3.8) is 0 Å². The Labute approximate surface area is 183 Å². The summed E-state index contributed by atoms with van der Waals surface area (Å²) in [5, 5.41) is 5.11. The molecule has 3 rings (SSSR count). The van der Waals surface area contributed by atoms with Crippen LogP contribution in [0.2, 0.25) is 0 Å². The van der Waals surface area contributed by atoms with Crippen molar-refractivity contribution in [2.45, 2.75) is 59.6 Å². The van der Waals surface area contributed by atoms with Crippen molar-refractivity contribution in [1.82, 2.24) is 10.2 Å². The zero-order chi connectivity index (χ0) is 23.9. The summed E-state index contributed by atoms with van der Waals surface area (Å²) >= 11 is 0. The molecule has 1 aliphatic heterocycles. The van der Waals surface area contributed by atoms with E-state index in [1.165, 1.54) is 24.3 Å². The van der Waals surface area contributed by atoms with Crippen LogP contribution in [-0.2, 0) is 31.3 Å². The third-order valence-electron chi connectivity index (χ3n) is 5.16. The Morgan fingerprint density at radius 1 is 1.25 bits per heavy atom. The van der Waals surface area contributed by atoms with Crippen LogP contribution in [0.4, 0.5) is 22.0 Å². The molecule has 32 heavy (non-hydrogen) atoms. The van der Waals surface area contributed by atoms with Gasteiger partial charge in [-0.1, -0.05) is 12.1 Å². The second-order valence-corrected chi connectivity index (χ2v) is 11.9. The number of benzene rings is 1. The number of nitrogens with one attached hydrogen (secondary N) is 1. The molecule has 0 radical (unpaired) electrons. The zero-order valence-corrected chi connectivity index (χ0v) is 18.7. The normalized spacial score (nSPS) is 23.8. The lowest BCUT2D eigenvalue weighted by Gasteiger charge is -2.37. The lowest BCUT2D eigenvalue weighted by Crippen LogP contribution is -2.39. The van der Waals surface area contributed by atoms with Gasteiger partial charge in [-0.3, -0.25) is 9.31 Å². The van der Waals surface area contributed by atoms with Gasteiger partial charge in [0, 0.05) is 30.1 Å². The third-order valence-corrected chi connectivity index (χ3v) is 8.66. The van der Waals surface area contributed by atoms with E-state index in [9.17, 15) is 34.6 Å². The maximum absolute atomic E-state index is 13.7. The molecule has 1 aromatic heterocycles. The van der Waals surface area contributed by atoms with E-state index in [4.69, 9.17) is 4.74 Å². The van der Waals surface area contributed by atoms with E-state index in [0.717, 1.165) is 13.0 Å². The second kappa shape index (κ2) is 8.49. The Morgan fingerprint density at radius 3 is 2.56 bits per heavy atom. The molecule has 178 valence electrons. The van der Waals surface area contributed by atoms with E-state index in [-0.39, 0.29) is 29.2 Å². The fourth-order valence-corrected chi connectivity index (χ4v) is 6.08. The summed E-state index contributed by atoms with van der Waals surface area (Å²) in [7, 11) is -6.41. The summed E-state index contributed by atoms with van der Waals surface area (Å²) in [4.78, 5) is 0.213. The fourth-order valence-electron chi connectivity index (χ4n) is 3.44. The van der Waals surface area contributed by atoms with Crippen LogP contribution in [0.1, 0.15) is 44.1 Å². The lowest BCUT2D eigenvalue weighted by molar-refractivity contribution is -0.106. The minimum Gasteiger partial charge on any atom is -0.372 e. The molecule has 1 fully saturated rings. The fraction of sp³-hybridized carbons (Fsp3) is 0.526. The van der Waals surface area contributed by atoms with Crippen LogP contribution in [0, 0.1) is 0 Å². The predicted molar refractivity (Wildman–Crippen MR) is 105 cm³/mol. The van der Waals surface area contributed by atoms with Crippen molar-refractivity contribution in [3.8, 4) is 0 Å². The van der Waals surface area contributed by atoms with Gasteiger partial charge in [0.25, 0.3) is 5.92 Å². The average Bonchev–Trinajstić information content (AvgIpc) is 3.16. The van der Waals surface area contributed by atoms with Crippen LogP contribution in [0.5, 0.6) is 0 Å². The molecule has 0 bridgehead atoms. The highest BCUT2D eigenvalue weighted by molar-refractivity contribution is 7.91. The first-order chi connectivity index (χ1) is 14.6. The van der Waals surface area contributed by atoms with Gasteiger partial charge in [0.05, 0.1) is 21.2 Å². The van der Waals surface area contributed by atoms with Crippen LogP contribution in [0.15, 0.2) is 40.3 Å². The maximum atomic E-state index is 13.7. The number of rotatable bonds is 6. The smallest absolute Gasteiger partial charge is 0.372 e. The summed E-state index contributed by atoms with van der Waals surface area (Å²) < 4.78 is 107. The molecule has 0 aliphatic carbocycles. The summed E-state index contributed by atoms with van der Waals surface area (Å²) in [6.07, 6.45) is -5.29. The Hall–Kier alpha value is -1.86. The minimum absolute atomic E-state index is 0.104. The van der Waals surface area contributed by atoms with Gasteiger partial charge < -0.3 is 4.74 Å². The van der Waals surface area contributed by atoms with Crippen LogP contribution in [0.25, 0.3) is 0 Å². The molecule has 0 spiro atoms. The average molecular weight is 501 g/mol. The van der Waals surface area contributed by atoms with E-state index in [1.54, 1.807) is 6.92 Å². The molecular weight excluding hydrogens is 479 g/mol. The summed E-state index contributed by atoms with van der Waals surface area (Å²) in [6, 6.07) is 6.28. The molecule has 1 aromatic carbocycles. The van der Waals surface area contributed by atoms with Crippen LogP contribution in [-0.4, -0.2) is 46.1 Å². The number of nitrogens with zero attached hydrogens (tertiary/aromatic N) is 1. The van der Waals surface area contributed by atoms with E-state index in [1.807, 2.05) is 0 Å². The molecule has 1 aliphatic rings. The summed E-state index contributed by atoms with van der Waals surface area (Å²) in [6.45, 7) is 2.55. The van der Waals surface area contributed by atoms with Crippen molar-refractivity contribution >= 4 is 20.6 Å². The van der Waals surface area contributed by atoms with Gasteiger partial charge in [0.2, 0.25) is 9.84 Å². The van der Waals surface area contributed by atoms with E-state index < -0.39 is 54.4 Å². The number of aromatic amines is 1. The number of hydrogen-bond acceptors (Lipinski definition) is 5. The highest BCUT2D eigenvalue weighted by atomic mass is 32.2. The maximum Gasteiger partial charge on any atom is 0.403 e. The van der Waals surface area contributed by atoms with Gasteiger partial charge in [-0.05, 0) is 31.9 Å². The molecular formula is C19H21F5N2O4S2. The molecule has 13 heteroatoms. The van der Waals surface area contributed by atoms with Crippen LogP contribution >= 0.6 is 0 Å². The molecule has 1 saturated heterocycles. The van der Waals surface area contributed by atoms with Crippen molar-refractivity contribution < 1.29 is 39.3 Å². The van der Waals surface area contributed by atoms with E-state index in [2.05, 4.69) is 10.2 Å². The van der Waals surface area contributed by atoms with Crippen LogP contribution in [0.3, 0.4) is 0 Å². The first-order valence-corrected chi connectivity index (χ1v) is 12.3. The number of aromatic nitrogens is 2. The van der Waals surface area contributed by atoms with Gasteiger partial charge in [-0.25, -0.2) is 17.2 Å². The Balaban J connectivity index is 1.82. The Morgan fingerprint density at radius 2 is 1.94 bits per heavy atom. The highest BCUT2D eigenvalue weighted by Crippen LogP contribution is 2.40. The molecule has 1 N–H and O–H groups in total. The van der Waals surface area contributed by atoms with Gasteiger partial charge in [-0.15, -0.1) is 0 Å². The SMILES string of the molecule is CC(F)(F)c1cccc(S(=O)C2(C)CCOC(c3cc(S(=O)(=O)CC(F)(F)F)n[nH]3)C2)c1. The molecule has 3 atom stereocenters. The zero-order valence-electron chi connectivity index (χ0n) is 17.1. The van der Waals surface area contributed by atoms with E-state index in [0.29, 0.717) is 6.42 Å². The number of hydrogen-bond donors (Lipinski definition) is 1. The quantitative estimate of drug-likeness (QED) is 0.599. The topological polar surface area (TPSA) is 89.1 Å². The molecule has 6 nitrogen and oxygen atoms in total. The van der Waals surface area contributed by atoms with Gasteiger partial charge in [-0.2, -0.15) is 18.3 Å². The number of H-pyrrole nitrogens is 1. The number of halogens is 5. The summed E-state index contributed by atoms with van der Waals surface area (Å²) in [5.74, 6) is -5.15. The predicted octanol–water partition coefficient (Wildman–Crippen LogP) is 4.28. The standard InChI is InChI=1S/C19H21F5N2O4S2/c1-17(31(27)13-5-3-4-12(8-13)18(2,20)21)6-7-30-15(10-17)14-9-16(26-25-14)32(28,29)11-19(22,23)24/h3-5,8-9,15H,6-7,10-11H2,1-2H3,(H,25,26). The van der Waals surface area contributed by atoms with Gasteiger partial charge in [0.15, 0.2) is 10.8 Å². The van der Waals surface area contributed by atoms with Crippen molar-refractivity contribution in [2.75, 3.05) is 12.4 Å². The van der Waals surface area contributed by atoms with Crippen molar-refractivity contribution in [2.24, 2.45) is 0 Å². The largest absolute Gasteiger partial charge is 0.403 e. The number of ether oxygens (including phenoxy) is 1. The number of alkyl halides is 5. The molecule has 2 aromatic rings. The molecule has 0 amide bonds. The molecule has 2 heterocycles. The van der Waals surface area contributed by atoms with Gasteiger partial charge in [0.1, 0.15) is 6.10 Å².